The summed E-state index contributed by atoms with van der Waals surface area (Å²) in [5, 5.41) is 6.04. The Morgan fingerprint density at radius 2 is 1.95 bits per heavy atom. The summed E-state index contributed by atoms with van der Waals surface area (Å²) in [6, 6.07) is 11.7. The van der Waals surface area contributed by atoms with Crippen LogP contribution < -0.4 is 5.32 Å². The Labute approximate surface area is 128 Å². The van der Waals surface area contributed by atoms with Gasteiger partial charge in [0.2, 0.25) is 0 Å². The number of hydrogen-bond acceptors (Lipinski definition) is 7. The van der Waals surface area contributed by atoms with Gasteiger partial charge in [-0.15, -0.1) is 11.3 Å². The number of pyridine rings is 1. The van der Waals surface area contributed by atoms with Gasteiger partial charge in [-0.3, -0.25) is 0 Å². The minimum atomic E-state index is 0.789. The highest BCUT2D eigenvalue weighted by atomic mass is 32.1. The van der Waals surface area contributed by atoms with Gasteiger partial charge in [0.15, 0.2) is 5.13 Å². The second-order valence-electron chi connectivity index (χ2n) is 4.35. The molecule has 0 amide bonds. The molecule has 4 rings (SSSR count). The van der Waals surface area contributed by atoms with Crippen molar-refractivity contribution in [2.45, 2.75) is 0 Å². The molecule has 0 spiro atoms. The van der Waals surface area contributed by atoms with E-state index in [9.17, 15) is 0 Å². The normalized spacial score (nSPS) is 10.9. The summed E-state index contributed by atoms with van der Waals surface area (Å²) in [6.45, 7) is 0. The smallest absolute Gasteiger partial charge is 0.188 e. The second kappa shape index (κ2) is 5.19. The van der Waals surface area contributed by atoms with Crippen LogP contribution in [0.5, 0.6) is 0 Å². The molecule has 4 aromatic rings. The average molecular weight is 311 g/mol. The van der Waals surface area contributed by atoms with E-state index >= 15 is 0 Å². The van der Waals surface area contributed by atoms with Crippen molar-refractivity contribution >= 4 is 45.0 Å². The number of hydrogen-bond donors (Lipinski definition) is 1. The Morgan fingerprint density at radius 1 is 1.00 bits per heavy atom. The number of nitrogens with zero attached hydrogens (tertiary/aromatic N) is 4. The van der Waals surface area contributed by atoms with Crippen LogP contribution in [0.4, 0.5) is 10.9 Å². The lowest BCUT2D eigenvalue weighted by Crippen LogP contribution is -1.91. The second-order valence-corrected chi connectivity index (χ2v) is 5.73. The van der Waals surface area contributed by atoms with Crippen molar-refractivity contribution in [3.8, 4) is 11.3 Å². The van der Waals surface area contributed by atoms with Crippen molar-refractivity contribution in [2.75, 3.05) is 5.32 Å². The lowest BCUT2D eigenvalue weighted by molar-refractivity contribution is 1.29. The molecule has 5 nitrogen and oxygen atoms in total. The molecule has 0 aliphatic carbocycles. The first-order chi connectivity index (χ1) is 10.4. The molecule has 0 unspecified atom stereocenters. The SMILES string of the molecule is c1ccc(Nc2nc(-c3ccc4nsnc4c3)cs2)nc1. The van der Waals surface area contributed by atoms with E-state index in [1.807, 2.05) is 41.8 Å². The molecule has 0 saturated carbocycles. The highest BCUT2D eigenvalue weighted by Crippen LogP contribution is 2.28. The molecule has 7 heteroatoms. The van der Waals surface area contributed by atoms with Crippen LogP contribution in [0.2, 0.25) is 0 Å². The molecule has 1 aromatic carbocycles. The predicted molar refractivity (Wildman–Crippen MR) is 86.0 cm³/mol. The van der Waals surface area contributed by atoms with Gasteiger partial charge in [-0.1, -0.05) is 12.1 Å². The summed E-state index contributed by atoms with van der Waals surface area (Å²) in [6.07, 6.45) is 1.75. The van der Waals surface area contributed by atoms with Gasteiger partial charge >= 0.3 is 0 Å². The van der Waals surface area contributed by atoms with Crippen molar-refractivity contribution in [1.82, 2.24) is 18.7 Å². The van der Waals surface area contributed by atoms with Crippen LogP contribution in [0.1, 0.15) is 0 Å². The summed E-state index contributed by atoms with van der Waals surface area (Å²) >= 11 is 2.78. The maximum absolute atomic E-state index is 4.59. The molecule has 0 radical (unpaired) electrons. The van der Waals surface area contributed by atoms with E-state index in [2.05, 4.69) is 24.0 Å². The molecule has 0 atom stereocenters. The zero-order chi connectivity index (χ0) is 14.1. The van der Waals surface area contributed by atoms with Crippen molar-refractivity contribution in [3.63, 3.8) is 0 Å². The number of anilines is 2. The van der Waals surface area contributed by atoms with Gasteiger partial charge in [-0.2, -0.15) is 8.75 Å². The molecule has 21 heavy (non-hydrogen) atoms. The molecule has 1 N–H and O–H groups in total. The molecule has 0 aliphatic rings. The predicted octanol–water partition coefficient (Wildman–Crippen LogP) is 3.95. The highest BCUT2D eigenvalue weighted by Gasteiger charge is 2.07. The van der Waals surface area contributed by atoms with E-state index in [1.54, 1.807) is 17.5 Å². The third-order valence-electron chi connectivity index (χ3n) is 2.95. The zero-order valence-corrected chi connectivity index (χ0v) is 12.4. The maximum Gasteiger partial charge on any atom is 0.188 e. The summed E-state index contributed by atoms with van der Waals surface area (Å²) < 4.78 is 8.47. The molecule has 3 heterocycles. The van der Waals surface area contributed by atoms with Gasteiger partial charge in [0.25, 0.3) is 0 Å². The molecular weight excluding hydrogens is 302 g/mol. The Hall–Kier alpha value is -2.38. The van der Waals surface area contributed by atoms with E-state index in [-0.39, 0.29) is 0 Å². The fraction of sp³-hybridized carbons (Fsp3) is 0. The summed E-state index contributed by atoms with van der Waals surface area (Å²) in [7, 11) is 0. The highest BCUT2D eigenvalue weighted by molar-refractivity contribution is 7.14. The van der Waals surface area contributed by atoms with Gasteiger partial charge in [-0.05, 0) is 24.3 Å². The van der Waals surface area contributed by atoms with E-state index < -0.39 is 0 Å². The Morgan fingerprint density at radius 3 is 2.86 bits per heavy atom. The third kappa shape index (κ3) is 2.48. The standard InChI is InChI=1S/C14H9N5S2/c1-2-6-15-13(3-1)17-14-16-12(8-20-14)9-4-5-10-11(7-9)19-21-18-10/h1-8H,(H,15,16,17). The van der Waals surface area contributed by atoms with Crippen molar-refractivity contribution in [1.29, 1.82) is 0 Å². The largest absolute Gasteiger partial charge is 0.316 e. The number of thiazole rings is 1. The van der Waals surface area contributed by atoms with Gasteiger partial charge in [-0.25, -0.2) is 9.97 Å². The fourth-order valence-corrected chi connectivity index (χ4v) is 3.20. The third-order valence-corrected chi connectivity index (χ3v) is 4.27. The van der Waals surface area contributed by atoms with Crippen LogP contribution in [-0.2, 0) is 0 Å². The number of fused-ring (bicyclic) bond motifs is 1. The van der Waals surface area contributed by atoms with Crippen molar-refractivity contribution in [2.24, 2.45) is 0 Å². The summed E-state index contributed by atoms with van der Waals surface area (Å²) in [5.74, 6) is 0.789. The van der Waals surface area contributed by atoms with E-state index in [4.69, 9.17) is 0 Å². The number of rotatable bonds is 3. The van der Waals surface area contributed by atoms with Crippen molar-refractivity contribution in [3.05, 3.63) is 48.0 Å². The van der Waals surface area contributed by atoms with Gasteiger partial charge in [0.05, 0.1) is 17.4 Å². The minimum absolute atomic E-state index is 0.789. The number of aromatic nitrogens is 4. The van der Waals surface area contributed by atoms with Gasteiger partial charge in [0, 0.05) is 17.1 Å². The Kier molecular flexibility index (Phi) is 3.06. The minimum Gasteiger partial charge on any atom is -0.316 e. The molecular formula is C14H9N5S2. The maximum atomic E-state index is 4.59. The topological polar surface area (TPSA) is 63.6 Å². The van der Waals surface area contributed by atoms with E-state index in [0.717, 1.165) is 33.2 Å². The lowest BCUT2D eigenvalue weighted by atomic mass is 10.1. The summed E-state index contributed by atoms with van der Waals surface area (Å²) in [4.78, 5) is 8.82. The van der Waals surface area contributed by atoms with Gasteiger partial charge in [0.1, 0.15) is 16.9 Å². The van der Waals surface area contributed by atoms with E-state index in [1.165, 1.54) is 11.7 Å². The first-order valence-electron chi connectivity index (χ1n) is 6.25. The number of nitrogens with one attached hydrogen (secondary N) is 1. The molecule has 0 aliphatic heterocycles. The molecule has 0 fully saturated rings. The van der Waals surface area contributed by atoms with Crippen molar-refractivity contribution < 1.29 is 0 Å². The van der Waals surface area contributed by atoms with Crippen LogP contribution in [0.15, 0.2) is 48.0 Å². The van der Waals surface area contributed by atoms with Crippen LogP contribution in [0.3, 0.4) is 0 Å². The van der Waals surface area contributed by atoms with Crippen LogP contribution in [-0.4, -0.2) is 18.7 Å². The van der Waals surface area contributed by atoms with Gasteiger partial charge < -0.3 is 5.32 Å². The van der Waals surface area contributed by atoms with Crippen LogP contribution in [0, 0.1) is 0 Å². The van der Waals surface area contributed by atoms with Crippen LogP contribution >= 0.6 is 23.1 Å². The molecule has 0 saturated heterocycles. The fourth-order valence-electron chi connectivity index (χ4n) is 1.95. The lowest BCUT2D eigenvalue weighted by Gasteiger charge is -1.99. The molecule has 3 aromatic heterocycles. The molecule has 0 bridgehead atoms. The number of benzene rings is 1. The average Bonchev–Trinajstić information content (AvgIpc) is 3.16. The monoisotopic (exact) mass is 311 g/mol. The Balaban J connectivity index is 1.64. The first kappa shape index (κ1) is 12.4. The molecule has 102 valence electrons. The zero-order valence-electron chi connectivity index (χ0n) is 10.7. The van der Waals surface area contributed by atoms with Crippen LogP contribution in [0.25, 0.3) is 22.3 Å². The first-order valence-corrected chi connectivity index (χ1v) is 7.86. The summed E-state index contributed by atoms with van der Waals surface area (Å²) in [5.41, 5.74) is 3.80. The van der Waals surface area contributed by atoms with E-state index in [0.29, 0.717) is 0 Å². The Bertz CT molecular complexity index is 884. The quantitative estimate of drug-likeness (QED) is 0.620.